The second-order valence-electron chi connectivity index (χ2n) is 5.45. The van der Waals surface area contributed by atoms with Gasteiger partial charge in [0, 0.05) is 13.1 Å². The van der Waals surface area contributed by atoms with E-state index in [-0.39, 0.29) is 31.0 Å². The molecule has 2 rings (SSSR count). The SMILES string of the molecule is CC[C@@H]1CN(CC(=O)OCc2ccccc2)CC1C(=O)O. The van der Waals surface area contributed by atoms with Crippen molar-refractivity contribution in [1.29, 1.82) is 0 Å². The Bertz CT molecular complexity index is 488. The molecular weight excluding hydrogens is 270 g/mol. The Balaban J connectivity index is 1.79. The first kappa shape index (κ1) is 15.5. The number of carboxylic acid groups (broad SMARTS) is 1. The van der Waals surface area contributed by atoms with Gasteiger partial charge in [-0.25, -0.2) is 0 Å². The van der Waals surface area contributed by atoms with Crippen LogP contribution in [0.2, 0.25) is 0 Å². The fourth-order valence-electron chi connectivity index (χ4n) is 2.75. The second kappa shape index (κ2) is 7.22. The van der Waals surface area contributed by atoms with E-state index >= 15 is 0 Å². The number of benzene rings is 1. The van der Waals surface area contributed by atoms with Crippen molar-refractivity contribution in [3.63, 3.8) is 0 Å². The number of carboxylic acids is 1. The molecule has 21 heavy (non-hydrogen) atoms. The molecule has 1 unspecified atom stereocenters. The Labute approximate surface area is 124 Å². The average Bonchev–Trinajstić information content (AvgIpc) is 2.89. The largest absolute Gasteiger partial charge is 0.481 e. The molecule has 114 valence electrons. The molecule has 1 saturated heterocycles. The fraction of sp³-hybridized carbons (Fsp3) is 0.500. The number of aliphatic carboxylic acids is 1. The lowest BCUT2D eigenvalue weighted by atomic mass is 9.94. The standard InChI is InChI=1S/C16H21NO4/c1-2-13-8-17(9-14(13)16(19)20)10-15(18)21-11-12-6-4-3-5-7-12/h3-7,13-14H,2,8-11H2,1H3,(H,19,20)/t13-,14?/m1/s1. The number of esters is 1. The second-order valence-corrected chi connectivity index (χ2v) is 5.45. The summed E-state index contributed by atoms with van der Waals surface area (Å²) in [6.07, 6.45) is 0.812. The molecule has 0 radical (unpaired) electrons. The summed E-state index contributed by atoms with van der Waals surface area (Å²) in [6.45, 7) is 3.47. The summed E-state index contributed by atoms with van der Waals surface area (Å²) in [5.74, 6) is -1.34. The molecule has 1 fully saturated rings. The van der Waals surface area contributed by atoms with Gasteiger partial charge in [0.15, 0.2) is 0 Å². The van der Waals surface area contributed by atoms with Gasteiger partial charge in [-0.05, 0) is 11.5 Å². The monoisotopic (exact) mass is 291 g/mol. The molecule has 0 aliphatic carbocycles. The molecule has 1 aromatic carbocycles. The molecular formula is C16H21NO4. The number of ether oxygens (including phenoxy) is 1. The summed E-state index contributed by atoms with van der Waals surface area (Å²) in [6, 6.07) is 9.50. The van der Waals surface area contributed by atoms with Crippen LogP contribution in [0.15, 0.2) is 30.3 Å². The molecule has 1 aliphatic heterocycles. The lowest BCUT2D eigenvalue weighted by Crippen LogP contribution is -2.30. The Kier molecular flexibility index (Phi) is 5.33. The van der Waals surface area contributed by atoms with Crippen molar-refractivity contribution in [3.8, 4) is 0 Å². The van der Waals surface area contributed by atoms with Crippen LogP contribution in [0.5, 0.6) is 0 Å². The Morgan fingerprint density at radius 3 is 2.57 bits per heavy atom. The zero-order valence-corrected chi connectivity index (χ0v) is 12.2. The van der Waals surface area contributed by atoms with Crippen molar-refractivity contribution in [2.75, 3.05) is 19.6 Å². The van der Waals surface area contributed by atoms with Crippen LogP contribution < -0.4 is 0 Å². The highest BCUT2D eigenvalue weighted by molar-refractivity contribution is 5.73. The summed E-state index contributed by atoms with van der Waals surface area (Å²) in [5, 5.41) is 9.18. The first-order valence-electron chi connectivity index (χ1n) is 7.24. The number of hydrogen-bond donors (Lipinski definition) is 1. The highest BCUT2D eigenvalue weighted by atomic mass is 16.5. The van der Waals surface area contributed by atoms with E-state index in [1.165, 1.54) is 0 Å². The average molecular weight is 291 g/mol. The normalized spacial score (nSPS) is 22.1. The van der Waals surface area contributed by atoms with Crippen LogP contribution in [0, 0.1) is 11.8 Å². The topological polar surface area (TPSA) is 66.8 Å². The first-order valence-corrected chi connectivity index (χ1v) is 7.24. The zero-order valence-electron chi connectivity index (χ0n) is 12.2. The van der Waals surface area contributed by atoms with E-state index in [1.807, 2.05) is 42.2 Å². The zero-order chi connectivity index (χ0) is 15.2. The van der Waals surface area contributed by atoms with Gasteiger partial charge in [-0.1, -0.05) is 43.7 Å². The van der Waals surface area contributed by atoms with Crippen LogP contribution in [-0.2, 0) is 20.9 Å². The number of carbonyl (C=O) groups is 2. The number of rotatable bonds is 6. The van der Waals surface area contributed by atoms with Crippen LogP contribution in [-0.4, -0.2) is 41.6 Å². The van der Waals surface area contributed by atoms with Crippen molar-refractivity contribution in [2.45, 2.75) is 20.0 Å². The van der Waals surface area contributed by atoms with Gasteiger partial charge in [0.2, 0.25) is 0 Å². The minimum Gasteiger partial charge on any atom is -0.481 e. The quantitative estimate of drug-likeness (QED) is 0.809. The number of likely N-dealkylation sites (tertiary alicyclic amines) is 1. The third kappa shape index (κ3) is 4.29. The molecule has 1 heterocycles. The van der Waals surface area contributed by atoms with Crippen LogP contribution >= 0.6 is 0 Å². The van der Waals surface area contributed by atoms with E-state index in [0.29, 0.717) is 13.1 Å². The van der Waals surface area contributed by atoms with E-state index < -0.39 is 5.97 Å². The first-order chi connectivity index (χ1) is 10.1. The van der Waals surface area contributed by atoms with Gasteiger partial charge in [-0.15, -0.1) is 0 Å². The van der Waals surface area contributed by atoms with E-state index in [1.54, 1.807) is 0 Å². The van der Waals surface area contributed by atoms with Gasteiger partial charge in [0.1, 0.15) is 6.61 Å². The number of hydrogen-bond acceptors (Lipinski definition) is 4. The molecule has 0 spiro atoms. The van der Waals surface area contributed by atoms with Crippen molar-refractivity contribution in [3.05, 3.63) is 35.9 Å². The van der Waals surface area contributed by atoms with E-state index in [2.05, 4.69) is 0 Å². The maximum Gasteiger partial charge on any atom is 0.320 e. The summed E-state index contributed by atoms with van der Waals surface area (Å²) in [5.41, 5.74) is 0.946. The van der Waals surface area contributed by atoms with Gasteiger partial charge in [-0.2, -0.15) is 0 Å². The molecule has 0 amide bonds. The molecule has 0 saturated carbocycles. The third-order valence-corrected chi connectivity index (χ3v) is 3.95. The van der Waals surface area contributed by atoms with Gasteiger partial charge in [0.05, 0.1) is 12.5 Å². The predicted octanol–water partition coefficient (Wildman–Crippen LogP) is 1.77. The highest BCUT2D eigenvalue weighted by Crippen LogP contribution is 2.26. The van der Waals surface area contributed by atoms with E-state index in [4.69, 9.17) is 4.74 Å². The molecule has 2 atom stereocenters. The van der Waals surface area contributed by atoms with Gasteiger partial charge >= 0.3 is 11.9 Å². The van der Waals surface area contributed by atoms with Crippen LogP contribution in [0.3, 0.4) is 0 Å². The maximum absolute atomic E-state index is 11.8. The van der Waals surface area contributed by atoms with Gasteiger partial charge < -0.3 is 9.84 Å². The molecule has 5 heteroatoms. The lowest BCUT2D eigenvalue weighted by molar-refractivity contribution is -0.147. The van der Waals surface area contributed by atoms with Crippen molar-refractivity contribution >= 4 is 11.9 Å². The summed E-state index contributed by atoms with van der Waals surface area (Å²) in [4.78, 5) is 24.9. The molecule has 0 aromatic heterocycles. The van der Waals surface area contributed by atoms with E-state index in [9.17, 15) is 14.7 Å². The molecule has 1 aromatic rings. The maximum atomic E-state index is 11.8. The van der Waals surface area contributed by atoms with Gasteiger partial charge in [0.25, 0.3) is 0 Å². The molecule has 1 N–H and O–H groups in total. The Morgan fingerprint density at radius 2 is 2.00 bits per heavy atom. The lowest BCUT2D eigenvalue weighted by Gasteiger charge is -2.14. The number of nitrogens with zero attached hydrogens (tertiary/aromatic N) is 1. The summed E-state index contributed by atoms with van der Waals surface area (Å²) >= 11 is 0. The van der Waals surface area contributed by atoms with Crippen molar-refractivity contribution in [1.82, 2.24) is 4.90 Å². The Hall–Kier alpha value is -1.88. The minimum atomic E-state index is -0.776. The molecule has 0 bridgehead atoms. The van der Waals surface area contributed by atoms with Crippen LogP contribution in [0.4, 0.5) is 0 Å². The highest BCUT2D eigenvalue weighted by Gasteiger charge is 2.37. The van der Waals surface area contributed by atoms with Crippen molar-refractivity contribution < 1.29 is 19.4 Å². The van der Waals surface area contributed by atoms with Crippen molar-refractivity contribution in [2.24, 2.45) is 11.8 Å². The number of carbonyl (C=O) groups excluding carboxylic acids is 1. The van der Waals surface area contributed by atoms with Crippen LogP contribution in [0.1, 0.15) is 18.9 Å². The van der Waals surface area contributed by atoms with E-state index in [0.717, 1.165) is 12.0 Å². The Morgan fingerprint density at radius 1 is 1.29 bits per heavy atom. The summed E-state index contributed by atoms with van der Waals surface area (Å²) < 4.78 is 5.23. The molecule has 1 aliphatic rings. The van der Waals surface area contributed by atoms with Gasteiger partial charge in [-0.3, -0.25) is 14.5 Å². The van der Waals surface area contributed by atoms with Crippen LogP contribution in [0.25, 0.3) is 0 Å². The smallest absolute Gasteiger partial charge is 0.320 e. The fourth-order valence-corrected chi connectivity index (χ4v) is 2.75. The summed E-state index contributed by atoms with van der Waals surface area (Å²) in [7, 11) is 0. The third-order valence-electron chi connectivity index (χ3n) is 3.95. The minimum absolute atomic E-state index is 0.115. The molecule has 5 nitrogen and oxygen atoms in total. The predicted molar refractivity (Wildman–Crippen MR) is 77.6 cm³/mol.